The summed E-state index contributed by atoms with van der Waals surface area (Å²) in [6, 6.07) is 6.10. The highest BCUT2D eigenvalue weighted by Crippen LogP contribution is 2.28. The first kappa shape index (κ1) is 11.6. The molecule has 0 atom stereocenters. The van der Waals surface area contributed by atoms with Gasteiger partial charge in [0.15, 0.2) is 0 Å². The van der Waals surface area contributed by atoms with Crippen LogP contribution in [-0.2, 0) is 0 Å². The summed E-state index contributed by atoms with van der Waals surface area (Å²) in [5, 5.41) is 3.55. The molecule has 1 saturated carbocycles. The Morgan fingerprint density at radius 2 is 2.11 bits per heavy atom. The van der Waals surface area contributed by atoms with Crippen molar-refractivity contribution in [3.63, 3.8) is 0 Å². The first-order valence-electron chi connectivity index (χ1n) is 6.99. The van der Waals surface area contributed by atoms with Gasteiger partial charge < -0.3 is 5.32 Å². The molecule has 3 heteroatoms. The van der Waals surface area contributed by atoms with Crippen LogP contribution in [0.2, 0.25) is 0 Å². The van der Waals surface area contributed by atoms with Crippen LogP contribution in [-0.4, -0.2) is 15.9 Å². The summed E-state index contributed by atoms with van der Waals surface area (Å²) in [6.45, 7) is 3.45. The fourth-order valence-corrected chi connectivity index (χ4v) is 2.85. The molecule has 2 aromatic rings. The lowest BCUT2D eigenvalue weighted by molar-refractivity contribution is 0.300. The molecule has 96 valence electrons. The highest BCUT2D eigenvalue weighted by atomic mass is 15.1. The zero-order valence-electron chi connectivity index (χ0n) is 11.0. The summed E-state index contributed by atoms with van der Waals surface area (Å²) >= 11 is 0. The first-order valence-corrected chi connectivity index (χ1v) is 6.99. The molecule has 0 radical (unpaired) electrons. The van der Waals surface area contributed by atoms with Crippen molar-refractivity contribution in [2.24, 2.45) is 11.8 Å². The highest BCUT2D eigenvalue weighted by molar-refractivity contribution is 5.49. The quantitative estimate of drug-likeness (QED) is 0.893. The molecule has 2 heterocycles. The van der Waals surface area contributed by atoms with Crippen LogP contribution in [0.1, 0.15) is 32.6 Å². The Labute approximate surface area is 108 Å². The van der Waals surface area contributed by atoms with Gasteiger partial charge in [0, 0.05) is 12.7 Å². The van der Waals surface area contributed by atoms with Gasteiger partial charge in [-0.05, 0) is 36.8 Å². The molecule has 18 heavy (non-hydrogen) atoms. The average molecular weight is 243 g/mol. The molecular formula is C15H21N3. The molecule has 0 unspecified atom stereocenters. The maximum Gasteiger partial charge on any atom is 0.138 e. The van der Waals surface area contributed by atoms with E-state index in [1.165, 1.54) is 25.7 Å². The van der Waals surface area contributed by atoms with Crippen molar-refractivity contribution in [2.45, 2.75) is 32.6 Å². The minimum Gasteiger partial charge on any atom is -0.370 e. The molecule has 3 rings (SSSR count). The van der Waals surface area contributed by atoms with Gasteiger partial charge in [-0.3, -0.25) is 4.40 Å². The van der Waals surface area contributed by atoms with Crippen molar-refractivity contribution in [3.8, 4) is 0 Å². The van der Waals surface area contributed by atoms with Crippen LogP contribution in [0.5, 0.6) is 0 Å². The number of nitrogens with one attached hydrogen (secondary N) is 1. The van der Waals surface area contributed by atoms with Crippen LogP contribution < -0.4 is 5.32 Å². The Bertz CT molecular complexity index is 509. The van der Waals surface area contributed by atoms with E-state index < -0.39 is 0 Å². The molecule has 0 saturated heterocycles. The fraction of sp³-hybridized carbons (Fsp3) is 0.533. The van der Waals surface area contributed by atoms with Crippen molar-refractivity contribution in [1.82, 2.24) is 9.38 Å². The van der Waals surface area contributed by atoms with Gasteiger partial charge in [0.1, 0.15) is 11.5 Å². The number of fused-ring (bicyclic) bond motifs is 1. The molecule has 1 aliphatic carbocycles. The molecule has 1 N–H and O–H groups in total. The summed E-state index contributed by atoms with van der Waals surface area (Å²) in [5.41, 5.74) is 1.01. The zero-order valence-corrected chi connectivity index (χ0v) is 11.0. The van der Waals surface area contributed by atoms with Gasteiger partial charge in [-0.1, -0.05) is 25.8 Å². The number of imidazole rings is 1. The van der Waals surface area contributed by atoms with Gasteiger partial charge >= 0.3 is 0 Å². The first-order chi connectivity index (χ1) is 8.83. The second-order valence-corrected chi connectivity index (χ2v) is 5.58. The number of anilines is 1. The van der Waals surface area contributed by atoms with Gasteiger partial charge in [-0.15, -0.1) is 0 Å². The zero-order chi connectivity index (χ0) is 12.4. The van der Waals surface area contributed by atoms with Gasteiger partial charge in [0.2, 0.25) is 0 Å². The van der Waals surface area contributed by atoms with Crippen molar-refractivity contribution in [1.29, 1.82) is 0 Å². The van der Waals surface area contributed by atoms with Crippen molar-refractivity contribution < 1.29 is 0 Å². The van der Waals surface area contributed by atoms with Gasteiger partial charge in [0.05, 0.1) is 6.20 Å². The van der Waals surface area contributed by atoms with E-state index in [1.54, 1.807) is 0 Å². The highest BCUT2D eigenvalue weighted by Gasteiger charge is 2.18. The number of hydrogen-bond donors (Lipinski definition) is 1. The van der Waals surface area contributed by atoms with E-state index >= 15 is 0 Å². The van der Waals surface area contributed by atoms with E-state index in [9.17, 15) is 0 Å². The maximum absolute atomic E-state index is 4.39. The lowest BCUT2D eigenvalue weighted by Gasteiger charge is -2.26. The van der Waals surface area contributed by atoms with Crippen LogP contribution in [0.3, 0.4) is 0 Å². The molecule has 0 spiro atoms. The topological polar surface area (TPSA) is 29.3 Å². The predicted molar refractivity (Wildman–Crippen MR) is 74.8 cm³/mol. The summed E-state index contributed by atoms with van der Waals surface area (Å²) in [6.07, 6.45) is 9.50. The molecular weight excluding hydrogens is 222 g/mol. The monoisotopic (exact) mass is 243 g/mol. The van der Waals surface area contributed by atoms with Crippen LogP contribution in [0.15, 0.2) is 30.6 Å². The summed E-state index contributed by atoms with van der Waals surface area (Å²) in [4.78, 5) is 4.39. The average Bonchev–Trinajstić information content (AvgIpc) is 2.82. The predicted octanol–water partition coefficient (Wildman–Crippen LogP) is 3.57. The lowest BCUT2D eigenvalue weighted by Crippen LogP contribution is -2.20. The van der Waals surface area contributed by atoms with Gasteiger partial charge in [-0.25, -0.2) is 4.98 Å². The van der Waals surface area contributed by atoms with Gasteiger partial charge in [0.25, 0.3) is 0 Å². The molecule has 1 fully saturated rings. The summed E-state index contributed by atoms with van der Waals surface area (Å²) < 4.78 is 2.12. The second kappa shape index (κ2) is 5.01. The third-order valence-electron chi connectivity index (χ3n) is 4.12. The molecule has 0 amide bonds. The van der Waals surface area contributed by atoms with Crippen molar-refractivity contribution >= 4 is 11.5 Å². The third kappa shape index (κ3) is 2.35. The molecule has 0 bridgehead atoms. The Kier molecular flexibility index (Phi) is 3.22. The van der Waals surface area contributed by atoms with Crippen LogP contribution in [0.4, 0.5) is 5.82 Å². The molecule has 0 aliphatic heterocycles. The van der Waals surface area contributed by atoms with Crippen LogP contribution >= 0.6 is 0 Å². The minimum atomic E-state index is 0.829. The molecule has 0 aromatic carbocycles. The van der Waals surface area contributed by atoms with E-state index in [1.807, 2.05) is 24.4 Å². The number of rotatable bonds is 3. The summed E-state index contributed by atoms with van der Waals surface area (Å²) in [7, 11) is 0. The van der Waals surface area contributed by atoms with Crippen molar-refractivity contribution in [2.75, 3.05) is 11.9 Å². The largest absolute Gasteiger partial charge is 0.370 e. The van der Waals surface area contributed by atoms with E-state index in [0.29, 0.717) is 0 Å². The Morgan fingerprint density at radius 3 is 2.94 bits per heavy atom. The SMILES string of the molecule is CC1CCC(CNc2cnc3ccccn23)CC1. The van der Waals surface area contributed by atoms with Crippen LogP contribution in [0.25, 0.3) is 5.65 Å². The number of nitrogens with zero attached hydrogens (tertiary/aromatic N) is 2. The number of pyridine rings is 1. The third-order valence-corrected chi connectivity index (χ3v) is 4.12. The standard InChI is InChI=1S/C15H21N3/c1-12-5-7-13(8-6-12)10-16-15-11-17-14-4-2-3-9-18(14)15/h2-4,9,11-13,16H,5-8,10H2,1H3. The fourth-order valence-electron chi connectivity index (χ4n) is 2.85. The molecule has 3 nitrogen and oxygen atoms in total. The van der Waals surface area contributed by atoms with Crippen LogP contribution in [0, 0.1) is 11.8 Å². The smallest absolute Gasteiger partial charge is 0.138 e. The Hall–Kier alpha value is -1.51. The van der Waals surface area contributed by atoms with E-state index in [0.717, 1.165) is 29.8 Å². The molecule has 1 aliphatic rings. The number of hydrogen-bond acceptors (Lipinski definition) is 2. The number of aromatic nitrogens is 2. The lowest BCUT2D eigenvalue weighted by atomic mass is 9.83. The summed E-state index contributed by atoms with van der Waals surface area (Å²) in [5.74, 6) is 2.87. The minimum absolute atomic E-state index is 0.829. The van der Waals surface area contributed by atoms with Gasteiger partial charge in [-0.2, -0.15) is 0 Å². The van der Waals surface area contributed by atoms with E-state index in [4.69, 9.17) is 0 Å². The Morgan fingerprint density at radius 1 is 1.28 bits per heavy atom. The maximum atomic E-state index is 4.39. The van der Waals surface area contributed by atoms with E-state index in [-0.39, 0.29) is 0 Å². The Balaban J connectivity index is 1.63. The second-order valence-electron chi connectivity index (χ2n) is 5.58. The van der Waals surface area contributed by atoms with E-state index in [2.05, 4.69) is 27.8 Å². The normalized spacial score (nSPS) is 24.3. The van der Waals surface area contributed by atoms with Crippen molar-refractivity contribution in [3.05, 3.63) is 30.6 Å². The molecule has 2 aromatic heterocycles.